The molecule has 21 heavy (non-hydrogen) atoms. The van der Waals surface area contributed by atoms with Crippen molar-refractivity contribution >= 4 is 23.2 Å². The van der Waals surface area contributed by atoms with Gasteiger partial charge in [-0.15, -0.1) is 0 Å². The number of alkyl halides is 3. The zero-order chi connectivity index (χ0) is 15.6. The number of halogens is 4. The van der Waals surface area contributed by atoms with E-state index in [-0.39, 0.29) is 11.3 Å². The fraction of sp³-hybridized carbons (Fsp3) is 0.154. The second-order valence-corrected chi connectivity index (χ2v) is 4.57. The summed E-state index contributed by atoms with van der Waals surface area (Å²) in [5.41, 5.74) is -0.886. The van der Waals surface area contributed by atoms with Gasteiger partial charge in [0, 0.05) is 18.1 Å². The molecule has 1 amide bonds. The van der Waals surface area contributed by atoms with Crippen molar-refractivity contribution in [3.05, 3.63) is 52.6 Å². The number of aromatic nitrogens is 2. The maximum atomic E-state index is 12.7. The largest absolute Gasteiger partial charge is 0.417 e. The van der Waals surface area contributed by atoms with E-state index in [1.807, 2.05) is 0 Å². The molecular weight excluding hydrogens is 307 g/mol. The van der Waals surface area contributed by atoms with Crippen molar-refractivity contribution in [1.29, 1.82) is 0 Å². The van der Waals surface area contributed by atoms with Crippen molar-refractivity contribution in [2.75, 3.05) is 5.32 Å². The smallest absolute Gasteiger partial charge is 0.322 e. The van der Waals surface area contributed by atoms with E-state index in [4.69, 9.17) is 11.6 Å². The minimum Gasteiger partial charge on any atom is -0.322 e. The second kappa shape index (κ2) is 5.69. The van der Waals surface area contributed by atoms with E-state index in [1.54, 1.807) is 6.92 Å². The van der Waals surface area contributed by atoms with Crippen LogP contribution in [0.5, 0.6) is 0 Å². The average Bonchev–Trinajstić information content (AvgIpc) is 2.40. The van der Waals surface area contributed by atoms with Gasteiger partial charge < -0.3 is 5.32 Å². The molecule has 1 aromatic carbocycles. The van der Waals surface area contributed by atoms with Crippen LogP contribution in [0.3, 0.4) is 0 Å². The predicted octanol–water partition coefficient (Wildman–Crippen LogP) is 3.71. The van der Waals surface area contributed by atoms with Crippen LogP contribution >= 0.6 is 11.6 Å². The summed E-state index contributed by atoms with van der Waals surface area (Å²) in [5, 5.41) is 1.91. The molecule has 2 rings (SSSR count). The molecule has 2 aromatic rings. The van der Waals surface area contributed by atoms with Crippen LogP contribution in [0.15, 0.2) is 30.6 Å². The zero-order valence-electron chi connectivity index (χ0n) is 10.7. The predicted molar refractivity (Wildman–Crippen MR) is 71.2 cm³/mol. The van der Waals surface area contributed by atoms with Gasteiger partial charge in [0.25, 0.3) is 5.91 Å². The standard InChI is InChI=1S/C13H9ClF3N3O/c1-7-18-5-8(6-19-7)12(21)20-9-2-3-11(14)10(4-9)13(15,16)17/h2-6H,1H3,(H,20,21). The van der Waals surface area contributed by atoms with Crippen LogP contribution < -0.4 is 5.32 Å². The summed E-state index contributed by atoms with van der Waals surface area (Å²) in [6.07, 6.45) is -2.01. The first kappa shape index (κ1) is 15.2. The minimum atomic E-state index is -4.59. The van der Waals surface area contributed by atoms with E-state index >= 15 is 0 Å². The van der Waals surface area contributed by atoms with Gasteiger partial charge in [0.05, 0.1) is 16.1 Å². The number of carbonyl (C=O) groups excluding carboxylic acids is 1. The van der Waals surface area contributed by atoms with E-state index in [9.17, 15) is 18.0 Å². The number of hydrogen-bond acceptors (Lipinski definition) is 3. The Balaban J connectivity index is 2.24. The number of nitrogens with one attached hydrogen (secondary N) is 1. The number of benzene rings is 1. The number of nitrogens with zero attached hydrogens (tertiary/aromatic N) is 2. The fourth-order valence-electron chi connectivity index (χ4n) is 1.53. The number of rotatable bonds is 2. The summed E-state index contributed by atoms with van der Waals surface area (Å²) in [4.78, 5) is 19.5. The first-order chi connectivity index (χ1) is 9.77. The number of amides is 1. The lowest BCUT2D eigenvalue weighted by molar-refractivity contribution is -0.137. The van der Waals surface area contributed by atoms with Crippen LogP contribution in [0.25, 0.3) is 0 Å². The minimum absolute atomic E-state index is 0.0164. The number of carbonyl (C=O) groups is 1. The Bertz CT molecular complexity index is 671. The number of aryl methyl sites for hydroxylation is 1. The van der Waals surface area contributed by atoms with Gasteiger partial charge in [-0.1, -0.05) is 11.6 Å². The number of hydrogen-bond donors (Lipinski definition) is 1. The molecule has 1 heterocycles. The monoisotopic (exact) mass is 315 g/mol. The Morgan fingerprint density at radius 3 is 2.43 bits per heavy atom. The van der Waals surface area contributed by atoms with Gasteiger partial charge in [-0.3, -0.25) is 4.79 Å². The van der Waals surface area contributed by atoms with Crippen molar-refractivity contribution in [2.24, 2.45) is 0 Å². The number of anilines is 1. The summed E-state index contributed by atoms with van der Waals surface area (Å²) >= 11 is 5.50. The lowest BCUT2D eigenvalue weighted by atomic mass is 10.2. The van der Waals surface area contributed by atoms with Crippen LogP contribution in [0, 0.1) is 6.92 Å². The van der Waals surface area contributed by atoms with E-state index in [2.05, 4.69) is 15.3 Å². The van der Waals surface area contributed by atoms with Gasteiger partial charge in [-0.25, -0.2) is 9.97 Å². The second-order valence-electron chi connectivity index (χ2n) is 4.17. The first-order valence-corrected chi connectivity index (χ1v) is 6.12. The summed E-state index contributed by atoms with van der Waals surface area (Å²) in [7, 11) is 0. The molecule has 0 aliphatic carbocycles. The van der Waals surface area contributed by atoms with Crippen molar-refractivity contribution in [3.8, 4) is 0 Å². The quantitative estimate of drug-likeness (QED) is 0.919. The lowest BCUT2D eigenvalue weighted by Gasteiger charge is -2.11. The van der Waals surface area contributed by atoms with Gasteiger partial charge >= 0.3 is 6.18 Å². The molecule has 0 saturated heterocycles. The normalized spacial score (nSPS) is 11.3. The average molecular weight is 316 g/mol. The Morgan fingerprint density at radius 1 is 1.24 bits per heavy atom. The molecule has 0 radical (unpaired) electrons. The lowest BCUT2D eigenvalue weighted by Crippen LogP contribution is -2.14. The fourth-order valence-corrected chi connectivity index (χ4v) is 1.76. The van der Waals surface area contributed by atoms with Crippen LogP contribution in [0.1, 0.15) is 21.7 Å². The third-order valence-corrected chi connectivity index (χ3v) is 2.90. The summed E-state index contributed by atoms with van der Waals surface area (Å²) in [6, 6.07) is 3.13. The van der Waals surface area contributed by atoms with E-state index in [1.165, 1.54) is 18.5 Å². The molecule has 0 fully saturated rings. The van der Waals surface area contributed by atoms with Crippen LogP contribution in [0.2, 0.25) is 5.02 Å². The molecule has 1 N–H and O–H groups in total. The SMILES string of the molecule is Cc1ncc(C(=O)Nc2ccc(Cl)c(C(F)(F)F)c2)cn1. The summed E-state index contributed by atoms with van der Waals surface area (Å²) < 4.78 is 38.1. The molecular formula is C13H9ClF3N3O. The highest BCUT2D eigenvalue weighted by atomic mass is 35.5. The van der Waals surface area contributed by atoms with Crippen molar-refractivity contribution in [1.82, 2.24) is 9.97 Å². The van der Waals surface area contributed by atoms with Crippen LogP contribution in [-0.4, -0.2) is 15.9 Å². The molecule has 0 atom stereocenters. The molecule has 0 aliphatic heterocycles. The zero-order valence-corrected chi connectivity index (χ0v) is 11.5. The van der Waals surface area contributed by atoms with Gasteiger partial charge in [-0.2, -0.15) is 13.2 Å². The Hall–Kier alpha value is -2.15. The molecule has 8 heteroatoms. The molecule has 1 aromatic heterocycles. The Morgan fingerprint density at radius 2 is 1.86 bits per heavy atom. The Kier molecular flexibility index (Phi) is 4.13. The molecule has 110 valence electrons. The van der Waals surface area contributed by atoms with E-state index < -0.39 is 22.7 Å². The van der Waals surface area contributed by atoms with Gasteiger partial charge in [0.1, 0.15) is 5.82 Å². The highest BCUT2D eigenvalue weighted by Gasteiger charge is 2.33. The van der Waals surface area contributed by atoms with Crippen molar-refractivity contribution in [3.63, 3.8) is 0 Å². The van der Waals surface area contributed by atoms with Crippen molar-refractivity contribution < 1.29 is 18.0 Å². The molecule has 0 bridgehead atoms. The summed E-state index contributed by atoms with van der Waals surface area (Å²) in [5.74, 6) is -0.122. The molecule has 0 unspecified atom stereocenters. The Labute approximate surface area is 123 Å². The maximum Gasteiger partial charge on any atom is 0.417 e. The van der Waals surface area contributed by atoms with Gasteiger partial charge in [0.15, 0.2) is 0 Å². The molecule has 0 spiro atoms. The third-order valence-electron chi connectivity index (χ3n) is 2.57. The van der Waals surface area contributed by atoms with Crippen LogP contribution in [-0.2, 0) is 6.18 Å². The van der Waals surface area contributed by atoms with E-state index in [0.717, 1.165) is 12.1 Å². The highest BCUT2D eigenvalue weighted by Crippen LogP contribution is 2.36. The molecule has 0 saturated carbocycles. The topological polar surface area (TPSA) is 54.9 Å². The van der Waals surface area contributed by atoms with Crippen molar-refractivity contribution in [2.45, 2.75) is 13.1 Å². The third kappa shape index (κ3) is 3.69. The first-order valence-electron chi connectivity index (χ1n) is 5.74. The van der Waals surface area contributed by atoms with Gasteiger partial charge in [-0.05, 0) is 25.1 Å². The molecule has 4 nitrogen and oxygen atoms in total. The summed E-state index contributed by atoms with van der Waals surface area (Å²) in [6.45, 7) is 1.65. The maximum absolute atomic E-state index is 12.7. The van der Waals surface area contributed by atoms with Gasteiger partial charge in [0.2, 0.25) is 0 Å². The van der Waals surface area contributed by atoms with Crippen LogP contribution in [0.4, 0.5) is 18.9 Å². The molecule has 0 aliphatic rings. The van der Waals surface area contributed by atoms with E-state index in [0.29, 0.717) is 5.82 Å². The highest BCUT2D eigenvalue weighted by molar-refractivity contribution is 6.31.